The summed E-state index contributed by atoms with van der Waals surface area (Å²) in [5.41, 5.74) is 1.16. The van der Waals surface area contributed by atoms with Gasteiger partial charge in [0.2, 0.25) is 5.88 Å². The van der Waals surface area contributed by atoms with Crippen molar-refractivity contribution in [1.29, 1.82) is 0 Å². The van der Waals surface area contributed by atoms with E-state index in [4.69, 9.17) is 9.47 Å². The van der Waals surface area contributed by atoms with Gasteiger partial charge in [-0.05, 0) is 55.5 Å². The Morgan fingerprint density at radius 2 is 1.83 bits per heavy atom. The Balaban J connectivity index is 1.40. The molecular formula is C22H19N5O3. The van der Waals surface area contributed by atoms with Crippen molar-refractivity contribution in [2.75, 3.05) is 12.4 Å². The van der Waals surface area contributed by atoms with E-state index in [-0.39, 0.29) is 5.91 Å². The van der Waals surface area contributed by atoms with Gasteiger partial charge in [-0.2, -0.15) is 0 Å². The van der Waals surface area contributed by atoms with E-state index >= 15 is 0 Å². The molecule has 2 aromatic heterocycles. The quantitative estimate of drug-likeness (QED) is 0.525. The molecule has 0 aliphatic heterocycles. The molecule has 0 saturated carbocycles. The van der Waals surface area contributed by atoms with Gasteiger partial charge in [-0.25, -0.2) is 4.98 Å². The molecule has 1 amide bonds. The number of imidazole rings is 1. The van der Waals surface area contributed by atoms with Gasteiger partial charge in [0.05, 0.1) is 7.11 Å². The average Bonchev–Trinajstić information content (AvgIpc) is 3.21. The second-order valence-corrected chi connectivity index (χ2v) is 6.39. The van der Waals surface area contributed by atoms with Crippen molar-refractivity contribution in [2.45, 2.75) is 6.92 Å². The summed E-state index contributed by atoms with van der Waals surface area (Å²) in [6.45, 7) is 1.89. The summed E-state index contributed by atoms with van der Waals surface area (Å²) in [7, 11) is 1.56. The molecule has 30 heavy (non-hydrogen) atoms. The zero-order chi connectivity index (χ0) is 20.9. The summed E-state index contributed by atoms with van der Waals surface area (Å²) < 4.78 is 12.7. The molecule has 4 aromatic rings. The molecule has 2 heterocycles. The topological polar surface area (TPSA) is 91.2 Å². The Morgan fingerprint density at radius 1 is 1.00 bits per heavy atom. The fourth-order valence-corrected chi connectivity index (χ4v) is 2.81. The number of aromatic nitrogens is 4. The number of rotatable bonds is 6. The van der Waals surface area contributed by atoms with Gasteiger partial charge in [0.15, 0.2) is 5.82 Å². The SMILES string of the molecule is COc1cccc(C(=O)Nc2ccc(Oc3ccc(-n4ccnc4C)nn3)cc2)c1. The van der Waals surface area contributed by atoms with E-state index in [9.17, 15) is 4.79 Å². The van der Waals surface area contributed by atoms with Gasteiger partial charge in [-0.3, -0.25) is 9.36 Å². The average molecular weight is 401 g/mol. The Bertz CT molecular complexity index is 1150. The number of aryl methyl sites for hydroxylation is 1. The van der Waals surface area contributed by atoms with E-state index in [0.717, 1.165) is 5.82 Å². The minimum absolute atomic E-state index is 0.223. The molecule has 8 nitrogen and oxygen atoms in total. The first-order valence-electron chi connectivity index (χ1n) is 9.20. The van der Waals surface area contributed by atoms with Crippen molar-refractivity contribution in [1.82, 2.24) is 19.7 Å². The van der Waals surface area contributed by atoms with Crippen LogP contribution >= 0.6 is 0 Å². The number of amides is 1. The van der Waals surface area contributed by atoms with E-state index in [1.165, 1.54) is 0 Å². The second kappa shape index (κ2) is 8.44. The number of ether oxygens (including phenoxy) is 2. The van der Waals surface area contributed by atoms with Crippen LogP contribution in [0, 0.1) is 6.92 Å². The molecular weight excluding hydrogens is 382 g/mol. The van der Waals surface area contributed by atoms with Gasteiger partial charge in [0.25, 0.3) is 5.91 Å². The molecule has 0 atom stereocenters. The highest BCUT2D eigenvalue weighted by Crippen LogP contribution is 2.22. The Hall–Kier alpha value is -4.20. The van der Waals surface area contributed by atoms with Gasteiger partial charge in [0, 0.05) is 29.7 Å². The van der Waals surface area contributed by atoms with Crippen molar-refractivity contribution in [3.05, 3.63) is 84.4 Å². The molecule has 150 valence electrons. The lowest BCUT2D eigenvalue weighted by molar-refractivity contribution is 0.102. The van der Waals surface area contributed by atoms with Crippen LogP contribution in [0.2, 0.25) is 0 Å². The first-order valence-corrected chi connectivity index (χ1v) is 9.20. The van der Waals surface area contributed by atoms with Crippen LogP contribution in [0.1, 0.15) is 16.2 Å². The molecule has 0 fully saturated rings. The third kappa shape index (κ3) is 4.27. The number of methoxy groups -OCH3 is 1. The molecule has 2 aromatic carbocycles. The fraction of sp³-hybridized carbons (Fsp3) is 0.0909. The van der Waals surface area contributed by atoms with E-state index in [2.05, 4.69) is 20.5 Å². The number of carbonyl (C=O) groups excluding carboxylic acids is 1. The zero-order valence-electron chi connectivity index (χ0n) is 16.4. The Morgan fingerprint density at radius 3 is 2.50 bits per heavy atom. The summed E-state index contributed by atoms with van der Waals surface area (Å²) in [6.07, 6.45) is 3.52. The van der Waals surface area contributed by atoms with Gasteiger partial charge in [0.1, 0.15) is 17.3 Å². The van der Waals surface area contributed by atoms with Crippen LogP contribution in [0.25, 0.3) is 5.82 Å². The maximum Gasteiger partial charge on any atom is 0.255 e. The largest absolute Gasteiger partial charge is 0.497 e. The summed E-state index contributed by atoms with van der Waals surface area (Å²) in [6, 6.07) is 17.5. The van der Waals surface area contributed by atoms with Crippen LogP contribution in [0.15, 0.2) is 73.1 Å². The number of hydrogen-bond acceptors (Lipinski definition) is 6. The number of carbonyl (C=O) groups is 1. The Kier molecular flexibility index (Phi) is 5.38. The van der Waals surface area contributed by atoms with Crippen molar-refractivity contribution >= 4 is 11.6 Å². The molecule has 0 spiro atoms. The number of anilines is 1. The number of nitrogens with zero attached hydrogens (tertiary/aromatic N) is 4. The molecule has 0 radical (unpaired) electrons. The zero-order valence-corrected chi connectivity index (χ0v) is 16.4. The predicted octanol–water partition coefficient (Wildman–Crippen LogP) is 4.02. The third-order valence-corrected chi connectivity index (χ3v) is 4.37. The monoisotopic (exact) mass is 401 g/mol. The molecule has 4 rings (SSSR count). The number of hydrogen-bond donors (Lipinski definition) is 1. The van der Waals surface area contributed by atoms with E-state index in [0.29, 0.717) is 34.4 Å². The molecule has 0 bridgehead atoms. The fourth-order valence-electron chi connectivity index (χ4n) is 2.81. The predicted molar refractivity (Wildman–Crippen MR) is 111 cm³/mol. The van der Waals surface area contributed by atoms with Gasteiger partial charge < -0.3 is 14.8 Å². The lowest BCUT2D eigenvalue weighted by Gasteiger charge is -2.09. The third-order valence-electron chi connectivity index (χ3n) is 4.37. The normalized spacial score (nSPS) is 10.5. The van der Waals surface area contributed by atoms with E-state index in [1.807, 2.05) is 17.7 Å². The van der Waals surface area contributed by atoms with Gasteiger partial charge >= 0.3 is 0 Å². The Labute approximate surface area is 173 Å². The highest BCUT2D eigenvalue weighted by molar-refractivity contribution is 6.04. The number of benzene rings is 2. The minimum Gasteiger partial charge on any atom is -0.497 e. The van der Waals surface area contributed by atoms with Crippen LogP contribution in [0.4, 0.5) is 5.69 Å². The summed E-state index contributed by atoms with van der Waals surface area (Å²) in [5.74, 6) is 2.83. The minimum atomic E-state index is -0.223. The van der Waals surface area contributed by atoms with Crippen LogP contribution < -0.4 is 14.8 Å². The lowest BCUT2D eigenvalue weighted by atomic mass is 10.2. The highest BCUT2D eigenvalue weighted by Gasteiger charge is 2.08. The van der Waals surface area contributed by atoms with Crippen molar-refractivity contribution in [3.63, 3.8) is 0 Å². The second-order valence-electron chi connectivity index (χ2n) is 6.39. The first-order chi connectivity index (χ1) is 14.6. The summed E-state index contributed by atoms with van der Waals surface area (Å²) in [4.78, 5) is 16.6. The lowest BCUT2D eigenvalue weighted by Crippen LogP contribution is -2.11. The summed E-state index contributed by atoms with van der Waals surface area (Å²) >= 11 is 0. The molecule has 8 heteroatoms. The smallest absolute Gasteiger partial charge is 0.255 e. The van der Waals surface area contributed by atoms with Crippen molar-refractivity contribution in [3.8, 4) is 23.2 Å². The summed E-state index contributed by atoms with van der Waals surface area (Å²) in [5, 5.41) is 11.1. The highest BCUT2D eigenvalue weighted by atomic mass is 16.5. The maximum absolute atomic E-state index is 12.4. The molecule has 1 N–H and O–H groups in total. The van der Waals surface area contributed by atoms with Crippen molar-refractivity contribution < 1.29 is 14.3 Å². The molecule has 0 unspecified atom stereocenters. The van der Waals surface area contributed by atoms with Crippen LogP contribution in [0.3, 0.4) is 0 Å². The van der Waals surface area contributed by atoms with Crippen LogP contribution in [-0.4, -0.2) is 32.8 Å². The first kappa shape index (κ1) is 19.1. The van der Waals surface area contributed by atoms with E-state index < -0.39 is 0 Å². The number of nitrogens with one attached hydrogen (secondary N) is 1. The van der Waals surface area contributed by atoms with Gasteiger partial charge in [-0.15, -0.1) is 10.2 Å². The molecule has 0 saturated heterocycles. The maximum atomic E-state index is 12.4. The molecule has 0 aliphatic rings. The van der Waals surface area contributed by atoms with Crippen LogP contribution in [0.5, 0.6) is 17.4 Å². The van der Waals surface area contributed by atoms with Crippen LogP contribution in [-0.2, 0) is 0 Å². The van der Waals surface area contributed by atoms with Crippen molar-refractivity contribution in [2.24, 2.45) is 0 Å². The standard InChI is InChI=1S/C22H19N5O3/c1-15-23-12-13-27(15)20-10-11-21(26-25-20)30-18-8-6-17(7-9-18)24-22(28)16-4-3-5-19(14-16)29-2/h3-14H,1-2H3,(H,24,28). The van der Waals surface area contributed by atoms with Gasteiger partial charge in [-0.1, -0.05) is 6.07 Å². The van der Waals surface area contributed by atoms with E-state index in [1.54, 1.807) is 74.0 Å². The molecule has 0 aliphatic carbocycles.